The maximum absolute atomic E-state index is 6.60. The highest BCUT2D eigenvalue weighted by Crippen LogP contribution is 2.37. The molecule has 112 valence electrons. The van der Waals surface area contributed by atoms with Crippen LogP contribution in [0.25, 0.3) is 0 Å². The molecule has 0 aromatic heterocycles. The summed E-state index contributed by atoms with van der Waals surface area (Å²) in [5.41, 5.74) is 10.6. The van der Waals surface area contributed by atoms with Gasteiger partial charge >= 0.3 is 0 Å². The molecule has 0 bridgehead atoms. The highest BCUT2D eigenvalue weighted by Gasteiger charge is 2.40. The molecule has 2 N–H and O–H groups in total. The molecular formula is C18H29NO. The molecule has 0 aliphatic heterocycles. The van der Waals surface area contributed by atoms with Crippen molar-refractivity contribution in [3.63, 3.8) is 0 Å². The summed E-state index contributed by atoms with van der Waals surface area (Å²) < 4.78 is 5.94. The van der Waals surface area contributed by atoms with Gasteiger partial charge in [0.05, 0.1) is 5.60 Å². The van der Waals surface area contributed by atoms with Gasteiger partial charge in [-0.1, -0.05) is 38.0 Å². The Bertz CT molecular complexity index is 436. The lowest BCUT2D eigenvalue weighted by Crippen LogP contribution is -2.53. The number of hydrogen-bond donors (Lipinski definition) is 1. The van der Waals surface area contributed by atoms with Gasteiger partial charge in [0.2, 0.25) is 0 Å². The first kappa shape index (κ1) is 15.5. The van der Waals surface area contributed by atoms with E-state index in [1.54, 1.807) is 0 Å². The molecule has 1 saturated carbocycles. The monoisotopic (exact) mass is 275 g/mol. The highest BCUT2D eigenvalue weighted by molar-refractivity contribution is 5.34. The van der Waals surface area contributed by atoms with Gasteiger partial charge in [-0.05, 0) is 55.7 Å². The SMILES string of the molecule is COC1(C(N)Cc2c(C)cccc2C)CCCC(C)C1. The van der Waals surface area contributed by atoms with E-state index in [9.17, 15) is 0 Å². The smallest absolute Gasteiger partial charge is 0.0834 e. The zero-order valence-corrected chi connectivity index (χ0v) is 13.4. The van der Waals surface area contributed by atoms with E-state index in [2.05, 4.69) is 39.0 Å². The van der Waals surface area contributed by atoms with Gasteiger partial charge < -0.3 is 10.5 Å². The van der Waals surface area contributed by atoms with Crippen molar-refractivity contribution in [3.8, 4) is 0 Å². The molecule has 1 aromatic carbocycles. The van der Waals surface area contributed by atoms with E-state index >= 15 is 0 Å². The van der Waals surface area contributed by atoms with Crippen molar-refractivity contribution in [1.29, 1.82) is 0 Å². The second-order valence-electron chi connectivity index (χ2n) is 6.65. The number of ether oxygens (including phenoxy) is 1. The van der Waals surface area contributed by atoms with Crippen LogP contribution in [-0.4, -0.2) is 18.8 Å². The standard InChI is InChI=1S/C18H29NO/c1-13-7-6-10-18(12-13,20-4)17(19)11-16-14(2)8-5-9-15(16)3/h5,8-9,13,17H,6-7,10-12,19H2,1-4H3. The van der Waals surface area contributed by atoms with Crippen LogP contribution in [0.15, 0.2) is 18.2 Å². The molecule has 2 heteroatoms. The van der Waals surface area contributed by atoms with Crippen LogP contribution in [-0.2, 0) is 11.2 Å². The summed E-state index contributed by atoms with van der Waals surface area (Å²) >= 11 is 0. The van der Waals surface area contributed by atoms with Gasteiger partial charge in [-0.3, -0.25) is 0 Å². The quantitative estimate of drug-likeness (QED) is 0.908. The summed E-state index contributed by atoms with van der Waals surface area (Å²) in [6.45, 7) is 6.68. The summed E-state index contributed by atoms with van der Waals surface area (Å²) in [6, 6.07) is 6.56. The predicted octanol–water partition coefficient (Wildman–Crippen LogP) is 3.77. The number of rotatable bonds is 4. The van der Waals surface area contributed by atoms with E-state index in [1.165, 1.54) is 29.5 Å². The fraction of sp³-hybridized carbons (Fsp3) is 0.667. The molecule has 0 saturated heterocycles. The maximum atomic E-state index is 6.60. The highest BCUT2D eigenvalue weighted by atomic mass is 16.5. The lowest BCUT2D eigenvalue weighted by Gasteiger charge is -2.43. The third kappa shape index (κ3) is 3.07. The first-order valence-corrected chi connectivity index (χ1v) is 7.84. The molecule has 1 aromatic rings. The van der Waals surface area contributed by atoms with Gasteiger partial charge in [-0.25, -0.2) is 0 Å². The number of aryl methyl sites for hydroxylation is 2. The van der Waals surface area contributed by atoms with Crippen molar-refractivity contribution >= 4 is 0 Å². The van der Waals surface area contributed by atoms with E-state index in [-0.39, 0.29) is 11.6 Å². The topological polar surface area (TPSA) is 35.2 Å². The van der Waals surface area contributed by atoms with Crippen LogP contribution in [0, 0.1) is 19.8 Å². The van der Waals surface area contributed by atoms with Crippen LogP contribution in [0.1, 0.15) is 49.3 Å². The molecule has 1 aliphatic rings. The second kappa shape index (κ2) is 6.28. The van der Waals surface area contributed by atoms with Crippen molar-refractivity contribution < 1.29 is 4.74 Å². The summed E-state index contributed by atoms with van der Waals surface area (Å²) in [6.07, 6.45) is 5.64. The van der Waals surface area contributed by atoms with Crippen LogP contribution in [0.2, 0.25) is 0 Å². The lowest BCUT2D eigenvalue weighted by molar-refractivity contribution is -0.0705. The van der Waals surface area contributed by atoms with Gasteiger partial charge in [-0.2, -0.15) is 0 Å². The minimum Gasteiger partial charge on any atom is -0.377 e. The van der Waals surface area contributed by atoms with Crippen molar-refractivity contribution in [2.45, 2.75) is 64.5 Å². The zero-order valence-electron chi connectivity index (χ0n) is 13.4. The van der Waals surface area contributed by atoms with E-state index in [4.69, 9.17) is 10.5 Å². The Morgan fingerprint density at radius 3 is 2.55 bits per heavy atom. The Kier molecular flexibility index (Phi) is 4.87. The number of benzene rings is 1. The van der Waals surface area contributed by atoms with Crippen LogP contribution in [0.5, 0.6) is 0 Å². The van der Waals surface area contributed by atoms with Gasteiger partial charge in [0.25, 0.3) is 0 Å². The van der Waals surface area contributed by atoms with E-state index in [0.29, 0.717) is 5.92 Å². The van der Waals surface area contributed by atoms with Gasteiger partial charge in [-0.15, -0.1) is 0 Å². The number of methoxy groups -OCH3 is 1. The fourth-order valence-electron chi connectivity index (χ4n) is 3.79. The third-order valence-corrected chi connectivity index (χ3v) is 5.14. The van der Waals surface area contributed by atoms with E-state index in [1.807, 2.05) is 7.11 Å². The van der Waals surface area contributed by atoms with Crippen molar-refractivity contribution in [1.82, 2.24) is 0 Å². The predicted molar refractivity (Wildman–Crippen MR) is 85.0 cm³/mol. The molecule has 0 heterocycles. The number of hydrogen-bond acceptors (Lipinski definition) is 2. The fourth-order valence-corrected chi connectivity index (χ4v) is 3.79. The average molecular weight is 275 g/mol. The molecule has 0 amide bonds. The molecule has 2 nitrogen and oxygen atoms in total. The molecule has 2 rings (SSSR count). The van der Waals surface area contributed by atoms with Crippen molar-refractivity contribution in [2.75, 3.05) is 7.11 Å². The van der Waals surface area contributed by atoms with Gasteiger partial charge in [0.1, 0.15) is 0 Å². The maximum Gasteiger partial charge on any atom is 0.0834 e. The molecule has 0 radical (unpaired) electrons. The minimum absolute atomic E-state index is 0.0787. The van der Waals surface area contributed by atoms with Gasteiger partial charge in [0.15, 0.2) is 0 Å². The van der Waals surface area contributed by atoms with Crippen LogP contribution in [0.3, 0.4) is 0 Å². The van der Waals surface area contributed by atoms with Crippen molar-refractivity contribution in [2.24, 2.45) is 11.7 Å². The summed E-state index contributed by atoms with van der Waals surface area (Å²) in [4.78, 5) is 0. The van der Waals surface area contributed by atoms with Crippen LogP contribution < -0.4 is 5.73 Å². The summed E-state index contributed by atoms with van der Waals surface area (Å²) in [5.74, 6) is 0.715. The number of nitrogens with two attached hydrogens (primary N) is 1. The summed E-state index contributed by atoms with van der Waals surface area (Å²) in [5, 5.41) is 0. The van der Waals surface area contributed by atoms with Gasteiger partial charge in [0, 0.05) is 13.2 Å². The van der Waals surface area contributed by atoms with Crippen molar-refractivity contribution in [3.05, 3.63) is 34.9 Å². The largest absolute Gasteiger partial charge is 0.377 e. The Morgan fingerprint density at radius 1 is 1.35 bits per heavy atom. The molecule has 20 heavy (non-hydrogen) atoms. The Labute approximate surface area is 123 Å². The first-order valence-electron chi connectivity index (χ1n) is 7.84. The molecule has 1 aliphatic carbocycles. The zero-order chi connectivity index (χ0) is 14.8. The molecule has 0 spiro atoms. The van der Waals surface area contributed by atoms with Crippen LogP contribution in [0.4, 0.5) is 0 Å². The first-order chi connectivity index (χ1) is 9.48. The third-order valence-electron chi connectivity index (χ3n) is 5.14. The molecular weight excluding hydrogens is 246 g/mol. The normalized spacial score (nSPS) is 28.4. The molecule has 3 unspecified atom stereocenters. The second-order valence-corrected chi connectivity index (χ2v) is 6.65. The summed E-state index contributed by atoms with van der Waals surface area (Å²) in [7, 11) is 1.84. The average Bonchev–Trinajstić information content (AvgIpc) is 2.42. The molecule has 1 fully saturated rings. The molecule has 3 atom stereocenters. The Balaban J connectivity index is 2.19. The Morgan fingerprint density at radius 2 is 2.00 bits per heavy atom. The van der Waals surface area contributed by atoms with Crippen LogP contribution >= 0.6 is 0 Å². The lowest BCUT2D eigenvalue weighted by atomic mass is 9.73. The van der Waals surface area contributed by atoms with E-state index in [0.717, 1.165) is 19.3 Å². The minimum atomic E-state index is -0.133. The Hall–Kier alpha value is -0.860. The van der Waals surface area contributed by atoms with E-state index < -0.39 is 0 Å².